The van der Waals surface area contributed by atoms with Crippen molar-refractivity contribution in [2.45, 2.75) is 31.3 Å². The van der Waals surface area contributed by atoms with E-state index in [9.17, 15) is 13.2 Å². The Morgan fingerprint density at radius 2 is 1.86 bits per heavy atom. The van der Waals surface area contributed by atoms with Gasteiger partial charge in [0.05, 0.1) is 19.7 Å². The number of methoxy groups -OCH3 is 1. The van der Waals surface area contributed by atoms with Gasteiger partial charge in [-0.15, -0.1) is 11.3 Å². The van der Waals surface area contributed by atoms with Gasteiger partial charge in [0, 0.05) is 22.9 Å². The van der Waals surface area contributed by atoms with Crippen molar-refractivity contribution in [2.24, 2.45) is 0 Å². The quantitative estimate of drug-likeness (QED) is 0.443. The Hall–Kier alpha value is -2.94. The molecule has 35 heavy (non-hydrogen) atoms. The van der Waals surface area contributed by atoms with E-state index in [1.165, 1.54) is 14.6 Å². The van der Waals surface area contributed by atoms with E-state index in [4.69, 9.17) is 4.74 Å². The maximum atomic E-state index is 13.7. The maximum absolute atomic E-state index is 13.7. The van der Waals surface area contributed by atoms with Gasteiger partial charge in [-0.05, 0) is 65.6 Å². The molecule has 1 fully saturated rings. The molecule has 5 rings (SSSR count). The van der Waals surface area contributed by atoms with Crippen LogP contribution in [0.5, 0.6) is 5.75 Å². The van der Waals surface area contributed by atoms with E-state index in [1.54, 1.807) is 24.5 Å². The van der Waals surface area contributed by atoms with Crippen LogP contribution < -0.4 is 4.74 Å². The van der Waals surface area contributed by atoms with Gasteiger partial charge < -0.3 is 9.64 Å². The molecule has 3 aromatic rings. The zero-order valence-corrected chi connectivity index (χ0v) is 21.2. The fourth-order valence-electron chi connectivity index (χ4n) is 4.55. The first-order chi connectivity index (χ1) is 17.0. The van der Waals surface area contributed by atoms with Crippen molar-refractivity contribution < 1.29 is 17.9 Å². The van der Waals surface area contributed by atoms with Crippen LogP contribution >= 0.6 is 11.3 Å². The fourth-order valence-corrected chi connectivity index (χ4v) is 6.86. The Morgan fingerprint density at radius 1 is 1.11 bits per heavy atom. The molecule has 2 aromatic carbocycles. The van der Waals surface area contributed by atoms with E-state index in [2.05, 4.69) is 11.4 Å². The van der Waals surface area contributed by atoms with Gasteiger partial charge >= 0.3 is 0 Å². The number of carbonyl (C=O) groups excluding carboxylic acids is 1. The molecule has 182 valence electrons. The predicted octanol–water partition coefficient (Wildman–Crippen LogP) is 4.70. The van der Waals surface area contributed by atoms with Crippen LogP contribution in [0, 0.1) is 0 Å². The van der Waals surface area contributed by atoms with Gasteiger partial charge in [-0.25, -0.2) is 8.42 Å². The highest BCUT2D eigenvalue weighted by atomic mass is 32.2. The molecule has 1 unspecified atom stereocenters. The molecule has 1 amide bonds. The Balaban J connectivity index is 1.41. The summed E-state index contributed by atoms with van der Waals surface area (Å²) in [6.45, 7) is 0.402. The molecule has 1 aromatic heterocycles. The summed E-state index contributed by atoms with van der Waals surface area (Å²) in [5.74, 6) is 0.579. The highest BCUT2D eigenvalue weighted by molar-refractivity contribution is 7.92. The van der Waals surface area contributed by atoms with Crippen LogP contribution in [0.25, 0.3) is 6.08 Å². The maximum Gasteiger partial charge on any atom is 0.238 e. The first-order valence-electron chi connectivity index (χ1n) is 11.7. The first-order valence-corrected chi connectivity index (χ1v) is 14.1. The van der Waals surface area contributed by atoms with Gasteiger partial charge in [-0.2, -0.15) is 4.31 Å². The lowest BCUT2D eigenvalue weighted by Gasteiger charge is -2.37. The van der Waals surface area contributed by atoms with Crippen LogP contribution in [0.15, 0.2) is 71.5 Å². The van der Waals surface area contributed by atoms with Crippen LogP contribution in [-0.4, -0.2) is 49.8 Å². The summed E-state index contributed by atoms with van der Waals surface area (Å²) in [6.07, 6.45) is 3.92. The van der Waals surface area contributed by atoms with Crippen molar-refractivity contribution in [3.8, 4) is 5.75 Å². The summed E-state index contributed by atoms with van der Waals surface area (Å²) in [5.41, 5.74) is 2.91. The monoisotopic (exact) mass is 508 g/mol. The van der Waals surface area contributed by atoms with Gasteiger partial charge in [0.1, 0.15) is 5.75 Å². The number of ether oxygens (including phenoxy) is 1. The van der Waals surface area contributed by atoms with E-state index < -0.39 is 10.0 Å². The highest BCUT2D eigenvalue weighted by Crippen LogP contribution is 2.39. The normalized spacial score (nSPS) is 18.1. The van der Waals surface area contributed by atoms with Gasteiger partial charge in [-0.1, -0.05) is 42.5 Å². The second-order valence-electron chi connectivity index (χ2n) is 8.85. The van der Waals surface area contributed by atoms with Crippen molar-refractivity contribution in [3.05, 3.63) is 93.0 Å². The van der Waals surface area contributed by atoms with E-state index >= 15 is 0 Å². The molecule has 2 heterocycles. The lowest BCUT2D eigenvalue weighted by atomic mass is 9.93. The number of rotatable bonds is 8. The van der Waals surface area contributed by atoms with Crippen molar-refractivity contribution in [1.82, 2.24) is 9.21 Å². The summed E-state index contributed by atoms with van der Waals surface area (Å²) in [4.78, 5) is 16.8. The summed E-state index contributed by atoms with van der Waals surface area (Å²) in [5, 5.41) is 3.28. The van der Waals surface area contributed by atoms with Gasteiger partial charge in [-0.3, -0.25) is 4.79 Å². The molecule has 0 saturated heterocycles. The summed E-state index contributed by atoms with van der Waals surface area (Å²) < 4.78 is 33.2. The number of hydrogen-bond donors (Lipinski definition) is 0. The minimum absolute atomic E-state index is 0.120. The zero-order valence-electron chi connectivity index (χ0n) is 19.5. The van der Waals surface area contributed by atoms with Crippen LogP contribution in [0.1, 0.15) is 40.5 Å². The molecular weight excluding hydrogens is 480 g/mol. The van der Waals surface area contributed by atoms with Crippen molar-refractivity contribution in [1.29, 1.82) is 0 Å². The van der Waals surface area contributed by atoms with Gasteiger partial charge in [0.2, 0.25) is 15.9 Å². The molecule has 1 aliphatic carbocycles. The van der Waals surface area contributed by atoms with Crippen LogP contribution in [0.4, 0.5) is 0 Å². The van der Waals surface area contributed by atoms with Crippen molar-refractivity contribution >= 4 is 33.3 Å². The van der Waals surface area contributed by atoms with E-state index in [1.807, 2.05) is 59.5 Å². The number of benzene rings is 2. The molecule has 6 nitrogen and oxygen atoms in total. The Bertz CT molecular complexity index is 1310. The summed E-state index contributed by atoms with van der Waals surface area (Å²) in [6, 6.07) is 18.8. The van der Waals surface area contributed by atoms with E-state index in [0.717, 1.165) is 41.7 Å². The fraction of sp³-hybridized carbons (Fsp3) is 0.296. The number of sulfonamides is 1. The van der Waals surface area contributed by atoms with Crippen molar-refractivity contribution in [3.63, 3.8) is 0 Å². The van der Waals surface area contributed by atoms with Crippen LogP contribution in [-0.2, 0) is 21.2 Å². The Morgan fingerprint density at radius 3 is 2.54 bits per heavy atom. The van der Waals surface area contributed by atoms with Gasteiger partial charge in [0.15, 0.2) is 0 Å². The molecule has 0 spiro atoms. The molecule has 1 atom stereocenters. The third kappa shape index (κ3) is 5.19. The molecule has 0 N–H and O–H groups in total. The number of nitrogens with zero attached hydrogens (tertiary/aromatic N) is 2. The molecule has 0 bridgehead atoms. The van der Waals surface area contributed by atoms with Gasteiger partial charge in [0.25, 0.3) is 0 Å². The largest absolute Gasteiger partial charge is 0.497 e. The highest BCUT2D eigenvalue weighted by Gasteiger charge is 2.40. The number of thiophene rings is 1. The molecular formula is C27H28N2O4S2. The standard InChI is InChI=1S/C27H28N2O4S2/c1-33-23-11-7-21(8-12-23)27-24-14-17-34-25(24)13-16-28(27)26(30)19-29(22-9-10-22)35(31,32)18-15-20-5-3-2-4-6-20/h2-8,11-12,14-15,17-18,22,27H,9-10,13,16,19H2,1H3. The average Bonchev–Trinajstić information content (AvgIpc) is 3.61. The third-order valence-corrected chi connectivity index (χ3v) is 9.08. The zero-order chi connectivity index (χ0) is 24.4. The average molecular weight is 509 g/mol. The smallest absolute Gasteiger partial charge is 0.238 e. The molecule has 1 saturated carbocycles. The molecule has 8 heteroatoms. The number of carbonyl (C=O) groups is 1. The first kappa shape index (κ1) is 23.8. The topological polar surface area (TPSA) is 66.9 Å². The van der Waals surface area contributed by atoms with Crippen molar-refractivity contribution in [2.75, 3.05) is 20.2 Å². The van der Waals surface area contributed by atoms with E-state index in [0.29, 0.717) is 6.54 Å². The number of amides is 1. The van der Waals surface area contributed by atoms with E-state index in [-0.39, 0.29) is 24.5 Å². The molecule has 2 aliphatic rings. The number of fused-ring (bicyclic) bond motifs is 1. The minimum atomic E-state index is -3.74. The van der Waals surface area contributed by atoms with Crippen LogP contribution in [0.3, 0.4) is 0 Å². The second-order valence-corrected chi connectivity index (χ2v) is 11.6. The molecule has 0 radical (unpaired) electrons. The summed E-state index contributed by atoms with van der Waals surface area (Å²) >= 11 is 1.70. The lowest BCUT2D eigenvalue weighted by Crippen LogP contribution is -2.47. The third-order valence-electron chi connectivity index (χ3n) is 6.52. The lowest BCUT2D eigenvalue weighted by molar-refractivity contribution is -0.133. The Kier molecular flexibility index (Phi) is 6.77. The SMILES string of the molecule is COc1ccc(C2c3ccsc3CCN2C(=O)CN(C2CC2)S(=O)(=O)C=Cc2ccccc2)cc1. The Labute approximate surface area is 210 Å². The molecule has 1 aliphatic heterocycles. The number of hydrogen-bond acceptors (Lipinski definition) is 5. The summed E-state index contributed by atoms with van der Waals surface area (Å²) in [7, 11) is -2.11. The van der Waals surface area contributed by atoms with Crippen LogP contribution in [0.2, 0.25) is 0 Å². The minimum Gasteiger partial charge on any atom is -0.497 e. The second kappa shape index (κ2) is 9.97. The predicted molar refractivity (Wildman–Crippen MR) is 139 cm³/mol.